The number of hydrogen-bond acceptors (Lipinski definition) is 2. The van der Waals surface area contributed by atoms with E-state index in [2.05, 4.69) is 11.4 Å². The van der Waals surface area contributed by atoms with Gasteiger partial charge in [-0.15, -0.1) is 0 Å². The summed E-state index contributed by atoms with van der Waals surface area (Å²) in [6.07, 6.45) is 3.13. The molecule has 1 aliphatic heterocycles. The van der Waals surface area contributed by atoms with E-state index < -0.39 is 0 Å². The molecule has 1 atom stereocenters. The summed E-state index contributed by atoms with van der Waals surface area (Å²) in [5.41, 5.74) is 1.22. The van der Waals surface area contributed by atoms with Gasteiger partial charge in [0.25, 0.3) is 0 Å². The highest BCUT2D eigenvalue weighted by Crippen LogP contribution is 2.30. The van der Waals surface area contributed by atoms with Crippen molar-refractivity contribution in [1.82, 2.24) is 5.32 Å². The fourth-order valence-electron chi connectivity index (χ4n) is 2.45. The second kappa shape index (κ2) is 5.17. The second-order valence-electron chi connectivity index (χ2n) is 4.75. The zero-order chi connectivity index (χ0) is 11.4. The first-order valence-electron chi connectivity index (χ1n) is 5.80. The van der Waals surface area contributed by atoms with E-state index in [9.17, 15) is 5.11 Å². The average Bonchev–Trinajstić information content (AvgIpc) is 2.30. The molecule has 0 saturated carbocycles. The van der Waals surface area contributed by atoms with Gasteiger partial charge in [-0.05, 0) is 43.5 Å². The first-order valence-corrected chi connectivity index (χ1v) is 6.18. The van der Waals surface area contributed by atoms with Gasteiger partial charge in [0, 0.05) is 17.0 Å². The highest BCUT2D eigenvalue weighted by atomic mass is 35.5. The van der Waals surface area contributed by atoms with Crippen LogP contribution < -0.4 is 5.32 Å². The molecule has 0 unspecified atom stereocenters. The number of aliphatic hydroxyl groups is 1. The molecule has 0 amide bonds. The highest BCUT2D eigenvalue weighted by Gasteiger charge is 2.31. The number of benzene rings is 1. The minimum atomic E-state index is 0.00291. The van der Waals surface area contributed by atoms with Crippen molar-refractivity contribution in [3.8, 4) is 0 Å². The van der Waals surface area contributed by atoms with Crippen LogP contribution in [0.15, 0.2) is 24.3 Å². The van der Waals surface area contributed by atoms with Crippen molar-refractivity contribution >= 4 is 11.6 Å². The Kier molecular flexibility index (Phi) is 3.85. The van der Waals surface area contributed by atoms with Crippen LogP contribution in [0.5, 0.6) is 0 Å². The molecule has 1 saturated heterocycles. The number of hydrogen-bond donors (Lipinski definition) is 2. The lowest BCUT2D eigenvalue weighted by Gasteiger charge is -2.36. The third kappa shape index (κ3) is 2.76. The third-order valence-corrected chi connectivity index (χ3v) is 3.60. The Bertz CT molecular complexity index is 348. The van der Waals surface area contributed by atoms with Crippen LogP contribution >= 0.6 is 11.6 Å². The van der Waals surface area contributed by atoms with Crippen LogP contribution in [0.2, 0.25) is 5.02 Å². The number of piperidine rings is 1. The number of rotatable bonds is 3. The van der Waals surface area contributed by atoms with Gasteiger partial charge in [-0.25, -0.2) is 0 Å². The maximum Gasteiger partial charge on any atom is 0.0502 e. The molecule has 1 aromatic rings. The molecule has 2 rings (SSSR count). The van der Waals surface area contributed by atoms with Crippen LogP contribution in [-0.4, -0.2) is 24.8 Å². The Morgan fingerprint density at radius 3 is 2.94 bits per heavy atom. The minimum Gasteiger partial charge on any atom is -0.396 e. The lowest BCUT2D eigenvalue weighted by Crippen LogP contribution is -2.44. The van der Waals surface area contributed by atoms with Gasteiger partial charge in [0.2, 0.25) is 0 Å². The van der Waals surface area contributed by atoms with Crippen LogP contribution in [0.3, 0.4) is 0 Å². The first kappa shape index (κ1) is 11.9. The molecule has 1 fully saturated rings. The standard InChI is InChI=1S/C13H18ClNO/c14-12-4-1-3-11(7-12)8-13(10-16)5-2-6-15-9-13/h1,3-4,7,15-16H,2,5-6,8-10H2/t13-/m0/s1. The topological polar surface area (TPSA) is 32.3 Å². The van der Waals surface area contributed by atoms with Crippen molar-refractivity contribution in [3.05, 3.63) is 34.9 Å². The quantitative estimate of drug-likeness (QED) is 0.848. The maximum absolute atomic E-state index is 9.60. The van der Waals surface area contributed by atoms with Gasteiger partial charge in [-0.2, -0.15) is 0 Å². The molecule has 3 heteroatoms. The summed E-state index contributed by atoms with van der Waals surface area (Å²) in [4.78, 5) is 0. The zero-order valence-corrected chi connectivity index (χ0v) is 10.1. The van der Waals surface area contributed by atoms with Crippen LogP contribution in [-0.2, 0) is 6.42 Å². The molecule has 16 heavy (non-hydrogen) atoms. The lowest BCUT2D eigenvalue weighted by atomic mass is 9.76. The Morgan fingerprint density at radius 1 is 1.44 bits per heavy atom. The fraction of sp³-hybridized carbons (Fsp3) is 0.538. The summed E-state index contributed by atoms with van der Waals surface area (Å²) in [7, 11) is 0. The predicted octanol–water partition coefficient (Wildman–Crippen LogP) is 2.24. The molecule has 0 radical (unpaired) electrons. The third-order valence-electron chi connectivity index (χ3n) is 3.36. The predicted molar refractivity (Wildman–Crippen MR) is 66.8 cm³/mol. The van der Waals surface area contributed by atoms with Gasteiger partial charge in [-0.3, -0.25) is 0 Å². The highest BCUT2D eigenvalue weighted by molar-refractivity contribution is 6.30. The summed E-state index contributed by atoms with van der Waals surface area (Å²) < 4.78 is 0. The minimum absolute atomic E-state index is 0.00291. The molecule has 0 aliphatic carbocycles. The van der Waals surface area contributed by atoms with Gasteiger partial charge in [0.15, 0.2) is 0 Å². The summed E-state index contributed by atoms with van der Waals surface area (Å²) in [5, 5.41) is 13.7. The van der Waals surface area contributed by atoms with Gasteiger partial charge < -0.3 is 10.4 Å². The van der Waals surface area contributed by atoms with E-state index in [4.69, 9.17) is 11.6 Å². The Balaban J connectivity index is 2.11. The molecule has 2 N–H and O–H groups in total. The Morgan fingerprint density at radius 2 is 2.31 bits per heavy atom. The van der Waals surface area contributed by atoms with Crippen molar-refractivity contribution in [2.24, 2.45) is 5.41 Å². The van der Waals surface area contributed by atoms with E-state index >= 15 is 0 Å². The molecular weight excluding hydrogens is 222 g/mol. The van der Waals surface area contributed by atoms with Crippen molar-refractivity contribution in [2.45, 2.75) is 19.3 Å². The van der Waals surface area contributed by atoms with E-state index in [1.807, 2.05) is 18.2 Å². The van der Waals surface area contributed by atoms with Gasteiger partial charge in [0.1, 0.15) is 0 Å². The summed E-state index contributed by atoms with van der Waals surface area (Å²) in [6.45, 7) is 2.21. The lowest BCUT2D eigenvalue weighted by molar-refractivity contribution is 0.0948. The van der Waals surface area contributed by atoms with Gasteiger partial charge >= 0.3 is 0 Å². The molecule has 2 nitrogen and oxygen atoms in total. The summed E-state index contributed by atoms with van der Waals surface area (Å²) in [6, 6.07) is 7.93. The van der Waals surface area contributed by atoms with Crippen LogP contribution in [0.1, 0.15) is 18.4 Å². The molecule has 0 spiro atoms. The van der Waals surface area contributed by atoms with Crippen molar-refractivity contribution in [2.75, 3.05) is 19.7 Å². The number of aliphatic hydroxyl groups excluding tert-OH is 1. The van der Waals surface area contributed by atoms with E-state index in [0.29, 0.717) is 0 Å². The second-order valence-corrected chi connectivity index (χ2v) is 5.18. The van der Waals surface area contributed by atoms with E-state index in [-0.39, 0.29) is 12.0 Å². The monoisotopic (exact) mass is 239 g/mol. The molecule has 1 heterocycles. The zero-order valence-electron chi connectivity index (χ0n) is 9.38. The Hall–Kier alpha value is -0.570. The first-order chi connectivity index (χ1) is 7.74. The molecule has 1 aliphatic rings. The van der Waals surface area contributed by atoms with Crippen LogP contribution in [0.4, 0.5) is 0 Å². The van der Waals surface area contributed by atoms with Crippen LogP contribution in [0, 0.1) is 5.41 Å². The Labute approximate surface area is 102 Å². The number of halogens is 1. The van der Waals surface area contributed by atoms with Crippen LogP contribution in [0.25, 0.3) is 0 Å². The molecular formula is C13H18ClNO. The normalized spacial score (nSPS) is 25.6. The SMILES string of the molecule is OC[C@]1(Cc2cccc(Cl)c2)CCCNC1. The number of nitrogens with one attached hydrogen (secondary N) is 1. The molecule has 0 bridgehead atoms. The largest absolute Gasteiger partial charge is 0.396 e. The van der Waals surface area contributed by atoms with Crippen molar-refractivity contribution in [3.63, 3.8) is 0 Å². The molecule has 88 valence electrons. The molecule has 1 aromatic carbocycles. The summed E-state index contributed by atoms with van der Waals surface area (Å²) >= 11 is 5.97. The summed E-state index contributed by atoms with van der Waals surface area (Å²) in [5.74, 6) is 0. The average molecular weight is 240 g/mol. The van der Waals surface area contributed by atoms with E-state index in [0.717, 1.165) is 37.4 Å². The van der Waals surface area contributed by atoms with Crippen molar-refractivity contribution < 1.29 is 5.11 Å². The van der Waals surface area contributed by atoms with Crippen molar-refractivity contribution in [1.29, 1.82) is 0 Å². The maximum atomic E-state index is 9.60. The van der Waals surface area contributed by atoms with Gasteiger partial charge in [-0.1, -0.05) is 23.7 Å². The fourth-order valence-corrected chi connectivity index (χ4v) is 2.66. The molecule has 0 aromatic heterocycles. The van der Waals surface area contributed by atoms with E-state index in [1.165, 1.54) is 5.56 Å². The van der Waals surface area contributed by atoms with E-state index in [1.54, 1.807) is 0 Å². The smallest absolute Gasteiger partial charge is 0.0502 e. The van der Waals surface area contributed by atoms with Gasteiger partial charge in [0.05, 0.1) is 6.61 Å².